The summed E-state index contributed by atoms with van der Waals surface area (Å²) in [6.45, 7) is 0.387. The van der Waals surface area contributed by atoms with Gasteiger partial charge in [0.05, 0.1) is 6.61 Å². The zero-order valence-electron chi connectivity index (χ0n) is 12.5. The highest BCUT2D eigenvalue weighted by Crippen LogP contribution is 2.43. The Balaban J connectivity index is 1.71. The number of hydrogen-bond donors (Lipinski definition) is 0. The fourth-order valence-corrected chi connectivity index (χ4v) is 4.86. The predicted molar refractivity (Wildman–Crippen MR) is 76.1 cm³/mol. The largest absolute Gasteiger partial charge is 0.500 e. The second-order valence-corrected chi connectivity index (χ2v) is 8.52. The van der Waals surface area contributed by atoms with E-state index in [-0.39, 0.29) is 5.97 Å². The van der Waals surface area contributed by atoms with Crippen molar-refractivity contribution in [3.8, 4) is 0 Å². The first-order valence-electron chi connectivity index (χ1n) is 7.18. The maximum atomic E-state index is 12.0. The number of fused-ring (bicyclic) bond motifs is 2. The minimum Gasteiger partial charge on any atom is -0.462 e. The van der Waals surface area contributed by atoms with Crippen molar-refractivity contribution in [3.05, 3.63) is 11.6 Å². The van der Waals surface area contributed by atoms with Gasteiger partial charge in [-0.25, -0.2) is 4.79 Å². The summed E-state index contributed by atoms with van der Waals surface area (Å²) < 4.78 is 21.3. The van der Waals surface area contributed by atoms with Gasteiger partial charge in [-0.3, -0.25) is 0 Å². The first kappa shape index (κ1) is 15.7. The molecule has 114 valence electrons. The summed E-state index contributed by atoms with van der Waals surface area (Å²) in [5.41, 5.74) is 0.898. The van der Waals surface area contributed by atoms with E-state index < -0.39 is 8.80 Å². The summed E-state index contributed by atoms with van der Waals surface area (Å²) in [5.74, 6) is 0.910. The quantitative estimate of drug-likeness (QED) is 0.390. The maximum Gasteiger partial charge on any atom is 0.500 e. The van der Waals surface area contributed by atoms with E-state index in [0.29, 0.717) is 30.9 Å². The molecule has 2 bridgehead atoms. The van der Waals surface area contributed by atoms with Gasteiger partial charge in [0.25, 0.3) is 0 Å². The molecule has 0 aliphatic heterocycles. The van der Waals surface area contributed by atoms with Crippen LogP contribution in [-0.2, 0) is 22.8 Å². The molecule has 0 aromatic rings. The van der Waals surface area contributed by atoms with Crippen LogP contribution in [0.25, 0.3) is 0 Å². The van der Waals surface area contributed by atoms with Crippen LogP contribution in [-0.4, -0.2) is 42.7 Å². The van der Waals surface area contributed by atoms with Gasteiger partial charge in [-0.05, 0) is 37.5 Å². The third-order valence-electron chi connectivity index (χ3n) is 4.36. The van der Waals surface area contributed by atoms with Crippen LogP contribution in [0.15, 0.2) is 11.6 Å². The lowest BCUT2D eigenvalue weighted by molar-refractivity contribution is -0.139. The Morgan fingerprint density at radius 2 is 1.95 bits per heavy atom. The summed E-state index contributed by atoms with van der Waals surface area (Å²) >= 11 is 0. The van der Waals surface area contributed by atoms with Crippen LogP contribution in [0.4, 0.5) is 0 Å². The van der Waals surface area contributed by atoms with E-state index >= 15 is 0 Å². The molecule has 2 rings (SSSR count). The normalized spacial score (nSPS) is 24.9. The molecule has 2 aliphatic carbocycles. The Morgan fingerprint density at radius 3 is 2.45 bits per heavy atom. The Kier molecular flexibility index (Phi) is 5.37. The number of carbonyl (C=O) groups is 1. The maximum absolute atomic E-state index is 12.0. The molecule has 0 heterocycles. The van der Waals surface area contributed by atoms with Crippen molar-refractivity contribution in [1.82, 2.24) is 0 Å². The zero-order chi connectivity index (χ0) is 14.6. The van der Waals surface area contributed by atoms with Crippen LogP contribution < -0.4 is 0 Å². The highest BCUT2D eigenvalue weighted by Gasteiger charge is 2.38. The van der Waals surface area contributed by atoms with Crippen molar-refractivity contribution < 1.29 is 22.8 Å². The smallest absolute Gasteiger partial charge is 0.462 e. The molecule has 0 radical (unpaired) electrons. The average molecular weight is 300 g/mol. The predicted octanol–water partition coefficient (Wildman–Crippen LogP) is 2.15. The number of hydrogen-bond acceptors (Lipinski definition) is 5. The van der Waals surface area contributed by atoms with Crippen molar-refractivity contribution in [2.24, 2.45) is 11.8 Å². The van der Waals surface area contributed by atoms with Crippen molar-refractivity contribution in [2.75, 3.05) is 27.9 Å². The van der Waals surface area contributed by atoms with E-state index in [2.05, 4.69) is 6.08 Å². The van der Waals surface area contributed by atoms with E-state index in [0.717, 1.165) is 18.4 Å². The molecule has 1 fully saturated rings. The minimum atomic E-state index is -2.54. The molecule has 20 heavy (non-hydrogen) atoms. The molecule has 2 aliphatic rings. The lowest BCUT2D eigenvalue weighted by Gasteiger charge is -2.24. The minimum absolute atomic E-state index is 0.142. The SMILES string of the molecule is CO[Si](CCCOC(=O)C1=CC2CC[C@H]1C2)(OC)OC. The molecule has 2 atom stereocenters. The van der Waals surface area contributed by atoms with Crippen molar-refractivity contribution in [3.63, 3.8) is 0 Å². The van der Waals surface area contributed by atoms with Crippen LogP contribution in [0, 0.1) is 11.8 Å². The summed E-state index contributed by atoms with van der Waals surface area (Å²) in [6, 6.07) is 0.648. The Morgan fingerprint density at radius 1 is 1.25 bits per heavy atom. The van der Waals surface area contributed by atoms with E-state index in [1.165, 1.54) is 6.42 Å². The second-order valence-electron chi connectivity index (χ2n) is 5.43. The lowest BCUT2D eigenvalue weighted by atomic mass is 9.99. The van der Waals surface area contributed by atoms with Gasteiger partial charge in [0.1, 0.15) is 0 Å². The van der Waals surface area contributed by atoms with Crippen molar-refractivity contribution in [1.29, 1.82) is 0 Å². The number of allylic oxidation sites excluding steroid dienone is 1. The van der Waals surface area contributed by atoms with Crippen molar-refractivity contribution >= 4 is 14.8 Å². The molecule has 1 saturated carbocycles. The molecule has 0 aromatic heterocycles. The summed E-state index contributed by atoms with van der Waals surface area (Å²) in [6.07, 6.45) is 6.30. The molecule has 0 saturated heterocycles. The number of esters is 1. The highest BCUT2D eigenvalue weighted by molar-refractivity contribution is 6.60. The van der Waals surface area contributed by atoms with E-state index in [9.17, 15) is 4.79 Å². The van der Waals surface area contributed by atoms with Crippen LogP contribution in [0.1, 0.15) is 25.7 Å². The van der Waals surface area contributed by atoms with Crippen LogP contribution in [0.5, 0.6) is 0 Å². The molecule has 1 unspecified atom stereocenters. The molecule has 6 heteroatoms. The van der Waals surface area contributed by atoms with Crippen molar-refractivity contribution in [2.45, 2.75) is 31.7 Å². The van der Waals surface area contributed by atoms with Gasteiger partial charge in [-0.1, -0.05) is 6.08 Å². The van der Waals surface area contributed by atoms with Gasteiger partial charge in [0.15, 0.2) is 0 Å². The van der Waals surface area contributed by atoms with E-state index in [1.54, 1.807) is 21.3 Å². The molecule has 0 spiro atoms. The van der Waals surface area contributed by atoms with Gasteiger partial charge >= 0.3 is 14.8 Å². The summed E-state index contributed by atoms with van der Waals surface area (Å²) in [7, 11) is 2.23. The Bertz CT molecular complexity index is 369. The molecule has 0 aromatic carbocycles. The second kappa shape index (κ2) is 6.84. The summed E-state index contributed by atoms with van der Waals surface area (Å²) in [4.78, 5) is 12.0. The number of ether oxygens (including phenoxy) is 1. The van der Waals surface area contributed by atoms with E-state index in [4.69, 9.17) is 18.0 Å². The molecule has 0 amide bonds. The monoisotopic (exact) mass is 300 g/mol. The first-order valence-corrected chi connectivity index (χ1v) is 9.11. The van der Waals surface area contributed by atoms with E-state index in [1.807, 2.05) is 0 Å². The third-order valence-corrected chi connectivity index (χ3v) is 7.19. The zero-order valence-corrected chi connectivity index (χ0v) is 13.5. The Hall–Kier alpha value is -0.693. The van der Waals surface area contributed by atoms with Gasteiger partial charge in [0.2, 0.25) is 0 Å². The molecular formula is C14H24O5Si. The Labute approximate surface area is 121 Å². The van der Waals surface area contributed by atoms with Gasteiger partial charge in [-0.15, -0.1) is 0 Å². The fourth-order valence-electron chi connectivity index (χ4n) is 3.17. The van der Waals surface area contributed by atoms with Gasteiger partial charge in [0, 0.05) is 32.9 Å². The number of rotatable bonds is 8. The first-order chi connectivity index (χ1) is 9.64. The van der Waals surface area contributed by atoms with Crippen LogP contribution in [0.3, 0.4) is 0 Å². The van der Waals surface area contributed by atoms with Gasteiger partial charge in [-0.2, -0.15) is 0 Å². The lowest BCUT2D eigenvalue weighted by Crippen LogP contribution is -2.42. The molecule has 5 nitrogen and oxygen atoms in total. The molecule has 0 N–H and O–H groups in total. The highest BCUT2D eigenvalue weighted by atomic mass is 28.4. The molecular weight excluding hydrogens is 276 g/mol. The summed E-state index contributed by atoms with van der Waals surface area (Å²) in [5, 5.41) is 0. The average Bonchev–Trinajstić information content (AvgIpc) is 3.11. The third kappa shape index (κ3) is 3.31. The fraction of sp³-hybridized carbons (Fsp3) is 0.786. The van der Waals surface area contributed by atoms with Gasteiger partial charge < -0.3 is 18.0 Å². The number of carbonyl (C=O) groups excluding carboxylic acids is 1. The van der Waals surface area contributed by atoms with Crippen LogP contribution >= 0.6 is 0 Å². The van der Waals surface area contributed by atoms with Crippen LogP contribution in [0.2, 0.25) is 6.04 Å². The topological polar surface area (TPSA) is 54.0 Å². The standard InChI is InChI=1S/C14H24O5Si/c1-16-20(17-2,18-3)8-4-7-19-14(15)13-10-11-5-6-12(13)9-11/h10-12H,4-9H2,1-3H3/t11?,12-/m0/s1.